The highest BCUT2D eigenvalue weighted by Gasteiger charge is 2.26. The Bertz CT molecular complexity index is 829. The predicted octanol–water partition coefficient (Wildman–Crippen LogP) is 2.74. The molecule has 1 fully saturated rings. The van der Waals surface area contributed by atoms with E-state index in [1.54, 1.807) is 11.3 Å². The van der Waals surface area contributed by atoms with Crippen molar-refractivity contribution in [2.24, 2.45) is 0 Å². The van der Waals surface area contributed by atoms with Gasteiger partial charge in [0.15, 0.2) is 5.82 Å². The normalized spacial score (nSPS) is 18.8. The number of nitrogens with one attached hydrogen (secondary N) is 1. The van der Waals surface area contributed by atoms with Crippen LogP contribution in [0.3, 0.4) is 0 Å². The van der Waals surface area contributed by atoms with E-state index in [0.717, 1.165) is 48.0 Å². The van der Waals surface area contributed by atoms with Crippen molar-refractivity contribution in [2.75, 3.05) is 26.7 Å². The molecule has 3 aromatic heterocycles. The molecule has 4 rings (SSSR count). The Balaban J connectivity index is 1.62. The average molecular weight is 341 g/mol. The lowest BCUT2D eigenvalue weighted by Crippen LogP contribution is -2.44. The van der Waals surface area contributed by atoms with E-state index in [0.29, 0.717) is 5.89 Å². The monoisotopic (exact) mass is 341 g/mol. The number of thiophene rings is 1. The van der Waals surface area contributed by atoms with Gasteiger partial charge < -0.3 is 9.84 Å². The molecule has 3 aromatic rings. The van der Waals surface area contributed by atoms with Crippen molar-refractivity contribution < 1.29 is 4.52 Å². The average Bonchev–Trinajstić information content (AvgIpc) is 3.27. The number of pyridine rings is 1. The zero-order chi connectivity index (χ0) is 16.5. The Morgan fingerprint density at radius 3 is 2.96 bits per heavy atom. The van der Waals surface area contributed by atoms with Gasteiger partial charge in [0.25, 0.3) is 5.89 Å². The van der Waals surface area contributed by atoms with Crippen LogP contribution in [0.4, 0.5) is 0 Å². The predicted molar refractivity (Wildman–Crippen MR) is 93.8 cm³/mol. The van der Waals surface area contributed by atoms with Crippen LogP contribution in [0, 0.1) is 6.92 Å². The van der Waals surface area contributed by atoms with Crippen LogP contribution < -0.4 is 5.32 Å². The number of aryl methyl sites for hydroxylation is 1. The molecule has 4 heterocycles. The van der Waals surface area contributed by atoms with Gasteiger partial charge in [0.05, 0.1) is 23.0 Å². The molecule has 24 heavy (non-hydrogen) atoms. The lowest BCUT2D eigenvalue weighted by molar-refractivity contribution is 0.190. The maximum absolute atomic E-state index is 5.51. The fourth-order valence-electron chi connectivity index (χ4n) is 2.93. The first-order chi connectivity index (χ1) is 11.7. The summed E-state index contributed by atoms with van der Waals surface area (Å²) in [4.78, 5) is 11.5. The molecule has 0 bridgehead atoms. The van der Waals surface area contributed by atoms with Crippen molar-refractivity contribution in [1.29, 1.82) is 0 Å². The first-order valence-corrected chi connectivity index (χ1v) is 8.92. The van der Waals surface area contributed by atoms with Gasteiger partial charge >= 0.3 is 0 Å². The Morgan fingerprint density at radius 1 is 1.29 bits per heavy atom. The highest BCUT2D eigenvalue weighted by Crippen LogP contribution is 2.27. The number of piperazine rings is 1. The maximum atomic E-state index is 5.51. The second kappa shape index (κ2) is 6.43. The standard InChI is InChI=1S/C17H19N5OS/c1-11-13(3-4-14(19-11)12-5-8-24-10-12)17-20-16(21-23-17)15-9-18-6-7-22(15)2/h3-5,8,10,15,18H,6-7,9H2,1-2H3. The molecule has 1 aliphatic rings. The van der Waals surface area contributed by atoms with Gasteiger partial charge in [-0.15, -0.1) is 0 Å². The van der Waals surface area contributed by atoms with Gasteiger partial charge in [0.1, 0.15) is 0 Å². The number of rotatable bonds is 3. The van der Waals surface area contributed by atoms with E-state index < -0.39 is 0 Å². The summed E-state index contributed by atoms with van der Waals surface area (Å²) >= 11 is 1.67. The van der Waals surface area contributed by atoms with E-state index in [-0.39, 0.29) is 6.04 Å². The van der Waals surface area contributed by atoms with Crippen molar-refractivity contribution in [3.8, 4) is 22.7 Å². The zero-order valence-corrected chi connectivity index (χ0v) is 14.5. The minimum Gasteiger partial charge on any atom is -0.334 e. The third kappa shape index (κ3) is 2.86. The van der Waals surface area contributed by atoms with E-state index in [4.69, 9.17) is 4.52 Å². The Morgan fingerprint density at radius 2 is 2.21 bits per heavy atom. The van der Waals surface area contributed by atoms with E-state index in [1.807, 2.05) is 19.1 Å². The molecule has 1 atom stereocenters. The van der Waals surface area contributed by atoms with Gasteiger partial charge in [-0.05, 0) is 37.6 Å². The zero-order valence-electron chi connectivity index (χ0n) is 13.7. The van der Waals surface area contributed by atoms with Crippen molar-refractivity contribution in [1.82, 2.24) is 25.3 Å². The van der Waals surface area contributed by atoms with Gasteiger partial charge in [-0.1, -0.05) is 5.16 Å². The van der Waals surface area contributed by atoms with Gasteiger partial charge in [-0.25, -0.2) is 0 Å². The molecular weight excluding hydrogens is 322 g/mol. The first kappa shape index (κ1) is 15.4. The summed E-state index contributed by atoms with van der Waals surface area (Å²) in [5.74, 6) is 1.26. The van der Waals surface area contributed by atoms with Gasteiger partial charge in [0.2, 0.25) is 0 Å². The summed E-state index contributed by atoms with van der Waals surface area (Å²) in [5, 5.41) is 11.7. The van der Waals surface area contributed by atoms with Crippen molar-refractivity contribution >= 4 is 11.3 Å². The third-order valence-corrected chi connectivity index (χ3v) is 5.07. The highest BCUT2D eigenvalue weighted by molar-refractivity contribution is 7.08. The lowest BCUT2D eigenvalue weighted by Gasteiger charge is -2.30. The minimum atomic E-state index is 0.148. The van der Waals surface area contributed by atoms with Crippen molar-refractivity contribution in [3.05, 3.63) is 40.5 Å². The number of nitrogens with zero attached hydrogens (tertiary/aromatic N) is 4. The molecule has 0 radical (unpaired) electrons. The van der Waals surface area contributed by atoms with Gasteiger partial charge in [-0.2, -0.15) is 16.3 Å². The quantitative estimate of drug-likeness (QED) is 0.790. The largest absolute Gasteiger partial charge is 0.334 e. The number of hydrogen-bond donors (Lipinski definition) is 1. The van der Waals surface area contributed by atoms with Crippen LogP contribution in [-0.4, -0.2) is 46.7 Å². The highest BCUT2D eigenvalue weighted by atomic mass is 32.1. The molecule has 124 valence electrons. The van der Waals surface area contributed by atoms with Crippen LogP contribution in [0.25, 0.3) is 22.7 Å². The summed E-state index contributed by atoms with van der Waals surface area (Å²) in [6.45, 7) is 4.78. The van der Waals surface area contributed by atoms with Crippen LogP contribution in [-0.2, 0) is 0 Å². The second-order valence-corrected chi connectivity index (χ2v) is 6.78. The molecule has 1 unspecified atom stereocenters. The van der Waals surface area contributed by atoms with Crippen molar-refractivity contribution in [2.45, 2.75) is 13.0 Å². The fraction of sp³-hybridized carbons (Fsp3) is 0.353. The Labute approximate surface area is 144 Å². The summed E-state index contributed by atoms with van der Waals surface area (Å²) in [5.41, 5.74) is 3.88. The molecule has 0 spiro atoms. The summed E-state index contributed by atoms with van der Waals surface area (Å²) < 4.78 is 5.51. The van der Waals surface area contributed by atoms with Crippen LogP contribution in [0.5, 0.6) is 0 Å². The molecule has 6 nitrogen and oxygen atoms in total. The summed E-state index contributed by atoms with van der Waals surface area (Å²) in [6, 6.07) is 6.23. The van der Waals surface area contributed by atoms with E-state index in [1.165, 1.54) is 0 Å². The molecular formula is C17H19N5OS. The van der Waals surface area contributed by atoms with E-state index in [9.17, 15) is 0 Å². The number of hydrogen-bond acceptors (Lipinski definition) is 7. The smallest absolute Gasteiger partial charge is 0.259 e. The minimum absolute atomic E-state index is 0.148. The summed E-state index contributed by atoms with van der Waals surface area (Å²) in [6.07, 6.45) is 0. The molecule has 0 amide bonds. The van der Waals surface area contributed by atoms with Gasteiger partial charge in [0, 0.05) is 30.6 Å². The van der Waals surface area contributed by atoms with E-state index >= 15 is 0 Å². The molecule has 1 N–H and O–H groups in total. The summed E-state index contributed by atoms with van der Waals surface area (Å²) in [7, 11) is 2.09. The molecule has 1 saturated heterocycles. The topological polar surface area (TPSA) is 67.1 Å². The number of likely N-dealkylation sites (N-methyl/N-ethyl adjacent to an activating group) is 1. The van der Waals surface area contributed by atoms with Crippen LogP contribution >= 0.6 is 11.3 Å². The SMILES string of the molecule is Cc1nc(-c2ccsc2)ccc1-c1nc(C2CNCCN2C)no1. The maximum Gasteiger partial charge on any atom is 0.259 e. The fourth-order valence-corrected chi connectivity index (χ4v) is 3.58. The Hall–Kier alpha value is -2.09. The molecule has 0 aromatic carbocycles. The second-order valence-electron chi connectivity index (χ2n) is 6.00. The van der Waals surface area contributed by atoms with Crippen molar-refractivity contribution in [3.63, 3.8) is 0 Å². The van der Waals surface area contributed by atoms with Crippen LogP contribution in [0.1, 0.15) is 17.6 Å². The molecule has 0 aliphatic carbocycles. The van der Waals surface area contributed by atoms with Crippen LogP contribution in [0.15, 0.2) is 33.5 Å². The lowest BCUT2D eigenvalue weighted by atomic mass is 10.1. The molecule has 7 heteroatoms. The third-order valence-electron chi connectivity index (χ3n) is 4.38. The van der Waals surface area contributed by atoms with E-state index in [2.05, 4.69) is 49.2 Å². The molecule has 0 saturated carbocycles. The first-order valence-electron chi connectivity index (χ1n) is 7.97. The molecule has 1 aliphatic heterocycles. The number of aromatic nitrogens is 3. The van der Waals surface area contributed by atoms with Gasteiger partial charge in [-0.3, -0.25) is 9.88 Å². The Kier molecular flexibility index (Phi) is 4.13. The van der Waals surface area contributed by atoms with Crippen LogP contribution in [0.2, 0.25) is 0 Å².